The molecule has 6 nitrogen and oxygen atoms in total. The van der Waals surface area contributed by atoms with Gasteiger partial charge in [-0.2, -0.15) is 0 Å². The van der Waals surface area contributed by atoms with Crippen molar-refractivity contribution in [3.8, 4) is 0 Å². The molecule has 94 valence electrons. The molecule has 0 aliphatic heterocycles. The molecule has 0 unspecified atom stereocenters. The molecule has 0 bridgehead atoms. The monoisotopic (exact) mass is 282 g/mol. The van der Waals surface area contributed by atoms with Gasteiger partial charge in [0.2, 0.25) is 0 Å². The SMILES string of the molecule is Nc1cc(N)nc(SCc2nc(N)ccc2Cl)n1. The van der Waals surface area contributed by atoms with Crippen LogP contribution in [0.1, 0.15) is 5.69 Å². The maximum Gasteiger partial charge on any atom is 0.191 e. The number of hydrogen-bond acceptors (Lipinski definition) is 7. The molecular weight excluding hydrogens is 272 g/mol. The molecule has 0 atom stereocenters. The van der Waals surface area contributed by atoms with E-state index in [1.165, 1.54) is 17.8 Å². The van der Waals surface area contributed by atoms with Gasteiger partial charge in [-0.05, 0) is 12.1 Å². The molecule has 2 aromatic rings. The summed E-state index contributed by atoms with van der Waals surface area (Å²) < 4.78 is 0. The zero-order chi connectivity index (χ0) is 13.1. The number of aromatic nitrogens is 3. The minimum Gasteiger partial charge on any atom is -0.384 e. The van der Waals surface area contributed by atoms with Crippen LogP contribution in [-0.2, 0) is 5.75 Å². The number of hydrogen-bond donors (Lipinski definition) is 3. The highest BCUT2D eigenvalue weighted by molar-refractivity contribution is 7.98. The molecule has 2 aromatic heterocycles. The van der Waals surface area contributed by atoms with Crippen LogP contribution in [0.2, 0.25) is 5.02 Å². The minimum atomic E-state index is 0.330. The van der Waals surface area contributed by atoms with Gasteiger partial charge in [-0.3, -0.25) is 0 Å². The highest BCUT2D eigenvalue weighted by atomic mass is 35.5. The quantitative estimate of drug-likeness (QED) is 0.578. The van der Waals surface area contributed by atoms with Crippen LogP contribution in [0.15, 0.2) is 23.4 Å². The van der Waals surface area contributed by atoms with Crippen molar-refractivity contribution in [2.24, 2.45) is 0 Å². The van der Waals surface area contributed by atoms with Gasteiger partial charge in [0.1, 0.15) is 17.5 Å². The van der Waals surface area contributed by atoms with E-state index in [-0.39, 0.29) is 0 Å². The normalized spacial score (nSPS) is 10.5. The van der Waals surface area contributed by atoms with E-state index in [0.717, 1.165) is 0 Å². The number of nitrogens with two attached hydrogens (primary N) is 3. The smallest absolute Gasteiger partial charge is 0.191 e. The topological polar surface area (TPSA) is 117 Å². The average Bonchev–Trinajstić information content (AvgIpc) is 2.29. The Hall–Kier alpha value is -1.73. The van der Waals surface area contributed by atoms with Crippen LogP contribution in [0.25, 0.3) is 0 Å². The molecule has 0 aliphatic rings. The first kappa shape index (κ1) is 12.7. The Labute approximate surface area is 113 Å². The summed E-state index contributed by atoms with van der Waals surface area (Å²) in [6, 6.07) is 4.84. The average molecular weight is 283 g/mol. The number of rotatable bonds is 3. The summed E-state index contributed by atoms with van der Waals surface area (Å²) in [7, 11) is 0. The summed E-state index contributed by atoms with van der Waals surface area (Å²) in [6.07, 6.45) is 0. The van der Waals surface area contributed by atoms with E-state index in [9.17, 15) is 0 Å². The van der Waals surface area contributed by atoms with Gasteiger partial charge < -0.3 is 17.2 Å². The zero-order valence-electron chi connectivity index (χ0n) is 9.30. The Bertz CT molecular complexity index is 556. The van der Waals surface area contributed by atoms with Gasteiger partial charge in [-0.25, -0.2) is 15.0 Å². The number of nitrogen functional groups attached to an aromatic ring is 3. The van der Waals surface area contributed by atoms with Crippen molar-refractivity contribution in [2.75, 3.05) is 17.2 Å². The van der Waals surface area contributed by atoms with Gasteiger partial charge in [-0.1, -0.05) is 23.4 Å². The predicted molar refractivity (Wildman–Crippen MR) is 74.1 cm³/mol. The molecule has 0 amide bonds. The lowest BCUT2D eigenvalue weighted by Crippen LogP contribution is -2.00. The summed E-state index contributed by atoms with van der Waals surface area (Å²) in [5.41, 5.74) is 17.4. The molecule has 0 saturated heterocycles. The molecular formula is C10H11ClN6S. The first-order valence-corrected chi connectivity index (χ1v) is 6.34. The fourth-order valence-electron chi connectivity index (χ4n) is 1.26. The maximum atomic E-state index is 6.00. The fraction of sp³-hybridized carbons (Fsp3) is 0.100. The largest absolute Gasteiger partial charge is 0.384 e. The van der Waals surface area contributed by atoms with Crippen molar-refractivity contribution in [3.63, 3.8) is 0 Å². The van der Waals surface area contributed by atoms with Gasteiger partial charge in [0.05, 0.1) is 10.7 Å². The van der Waals surface area contributed by atoms with Crippen molar-refractivity contribution in [3.05, 3.63) is 28.9 Å². The second kappa shape index (κ2) is 5.28. The predicted octanol–water partition coefficient (Wildman–Crippen LogP) is 1.56. The van der Waals surface area contributed by atoms with Crippen LogP contribution in [0.4, 0.5) is 17.5 Å². The fourth-order valence-corrected chi connectivity index (χ4v) is 2.34. The number of halogens is 1. The van der Waals surface area contributed by atoms with Crippen molar-refractivity contribution < 1.29 is 0 Å². The van der Waals surface area contributed by atoms with Crippen molar-refractivity contribution in [1.29, 1.82) is 0 Å². The van der Waals surface area contributed by atoms with Crippen LogP contribution in [0, 0.1) is 0 Å². The van der Waals surface area contributed by atoms with Gasteiger partial charge in [0, 0.05) is 11.8 Å². The summed E-state index contributed by atoms with van der Waals surface area (Å²) in [6.45, 7) is 0. The van der Waals surface area contributed by atoms with Gasteiger partial charge in [0.25, 0.3) is 0 Å². The Morgan fingerprint density at radius 3 is 2.33 bits per heavy atom. The van der Waals surface area contributed by atoms with E-state index >= 15 is 0 Å². The molecule has 2 heterocycles. The van der Waals surface area contributed by atoms with Crippen LogP contribution in [0.5, 0.6) is 0 Å². The first-order chi connectivity index (χ1) is 8.54. The van der Waals surface area contributed by atoms with Gasteiger partial charge in [-0.15, -0.1) is 0 Å². The van der Waals surface area contributed by atoms with Gasteiger partial charge in [0.15, 0.2) is 5.16 Å². The van der Waals surface area contributed by atoms with Crippen LogP contribution in [0.3, 0.4) is 0 Å². The van der Waals surface area contributed by atoms with Crippen molar-refractivity contribution >= 4 is 40.8 Å². The van der Waals surface area contributed by atoms with E-state index in [1.807, 2.05) is 0 Å². The molecule has 0 spiro atoms. The molecule has 0 saturated carbocycles. The van der Waals surface area contributed by atoms with Gasteiger partial charge >= 0.3 is 0 Å². The molecule has 18 heavy (non-hydrogen) atoms. The minimum absolute atomic E-state index is 0.330. The second-order valence-electron chi connectivity index (χ2n) is 3.45. The van der Waals surface area contributed by atoms with E-state index in [0.29, 0.717) is 39.1 Å². The van der Waals surface area contributed by atoms with E-state index in [2.05, 4.69) is 15.0 Å². The Kier molecular flexibility index (Phi) is 3.73. The molecule has 0 fully saturated rings. The number of nitrogens with zero attached hydrogens (tertiary/aromatic N) is 3. The summed E-state index contributed by atoms with van der Waals surface area (Å²) >= 11 is 7.34. The third-order valence-electron chi connectivity index (χ3n) is 2.02. The highest BCUT2D eigenvalue weighted by Gasteiger charge is 2.06. The van der Waals surface area contributed by atoms with Crippen molar-refractivity contribution in [1.82, 2.24) is 15.0 Å². The zero-order valence-corrected chi connectivity index (χ0v) is 10.9. The lowest BCUT2D eigenvalue weighted by molar-refractivity contribution is 0.982. The molecule has 0 aromatic carbocycles. The van der Waals surface area contributed by atoms with Crippen LogP contribution in [-0.4, -0.2) is 15.0 Å². The number of anilines is 3. The Morgan fingerprint density at radius 1 is 1.00 bits per heavy atom. The van der Waals surface area contributed by atoms with Crippen molar-refractivity contribution in [2.45, 2.75) is 10.9 Å². The van der Waals surface area contributed by atoms with E-state index < -0.39 is 0 Å². The van der Waals surface area contributed by atoms with Crippen LogP contribution >= 0.6 is 23.4 Å². The molecule has 0 aliphatic carbocycles. The Morgan fingerprint density at radius 2 is 1.67 bits per heavy atom. The van der Waals surface area contributed by atoms with E-state index in [4.69, 9.17) is 28.8 Å². The lowest BCUT2D eigenvalue weighted by atomic mass is 10.4. The second-order valence-corrected chi connectivity index (χ2v) is 4.80. The van der Waals surface area contributed by atoms with Crippen LogP contribution < -0.4 is 17.2 Å². The third-order valence-corrected chi connectivity index (χ3v) is 3.23. The highest BCUT2D eigenvalue weighted by Crippen LogP contribution is 2.24. The maximum absolute atomic E-state index is 6.00. The lowest BCUT2D eigenvalue weighted by Gasteiger charge is -2.04. The Balaban J connectivity index is 2.13. The summed E-state index contributed by atoms with van der Waals surface area (Å²) in [5.74, 6) is 1.57. The summed E-state index contributed by atoms with van der Waals surface area (Å²) in [5, 5.41) is 1.03. The molecule has 6 N–H and O–H groups in total. The van der Waals surface area contributed by atoms with E-state index in [1.54, 1.807) is 12.1 Å². The number of pyridine rings is 1. The molecule has 8 heteroatoms. The molecule has 0 radical (unpaired) electrons. The first-order valence-electron chi connectivity index (χ1n) is 4.98. The number of thioether (sulfide) groups is 1. The molecule has 2 rings (SSSR count). The standard InChI is InChI=1S/C10H11ClN6S/c11-5-1-2-7(12)15-6(5)4-18-10-16-8(13)3-9(14)17-10/h1-3H,4H2,(H2,12,15)(H4,13,14,16,17). The third kappa shape index (κ3) is 3.14. The summed E-state index contributed by atoms with van der Waals surface area (Å²) in [4.78, 5) is 12.2.